The molecule has 2 aromatic heterocycles. The molecule has 0 saturated carbocycles. The van der Waals surface area contributed by atoms with Gasteiger partial charge in [0.15, 0.2) is 16.9 Å². The number of nitrogen functional groups attached to an aromatic ring is 1. The first kappa shape index (κ1) is 33.9. The number of β-lactam (4-membered cyclic amide) rings is 1. The average molecular weight is 748 g/mol. The second-order valence-electron chi connectivity index (χ2n) is 11.4. The molecule has 1 unspecified atom stereocenters. The summed E-state index contributed by atoms with van der Waals surface area (Å²) in [6.45, 7) is 0. The third-order valence-corrected chi connectivity index (χ3v) is 11.8. The number of benzene rings is 2. The van der Waals surface area contributed by atoms with Gasteiger partial charge in [-0.05, 0) is 30.0 Å². The summed E-state index contributed by atoms with van der Waals surface area (Å²) in [6, 6.07) is 17.9. The molecule has 2 aliphatic heterocycles. The lowest BCUT2D eigenvalue weighted by Gasteiger charge is -2.49. The highest BCUT2D eigenvalue weighted by Crippen LogP contribution is 2.45. The topological polar surface area (TPSA) is 165 Å². The van der Waals surface area contributed by atoms with E-state index in [1.807, 2.05) is 72.8 Å². The molecule has 50 heavy (non-hydrogen) atoms. The molecule has 256 valence electrons. The minimum atomic E-state index is -0.971. The van der Waals surface area contributed by atoms with Crippen molar-refractivity contribution in [3.63, 3.8) is 0 Å². The highest BCUT2D eigenvalue weighted by Gasteiger charge is 2.55. The minimum absolute atomic E-state index is 0.0588. The van der Waals surface area contributed by atoms with Crippen molar-refractivity contribution in [2.75, 3.05) is 11.5 Å². The zero-order chi connectivity index (χ0) is 34.6. The number of hydrogen-bond acceptors (Lipinski definition) is 12. The average Bonchev–Trinajstić information content (AvgIpc) is 3.92. The molecule has 2 amide bonds. The second-order valence-corrected chi connectivity index (χ2v) is 15.2. The molecule has 1 aliphatic carbocycles. The number of nitrogens with one attached hydrogen (secondary N) is 2. The first-order valence-corrected chi connectivity index (χ1v) is 18.8. The van der Waals surface area contributed by atoms with Gasteiger partial charge in [0, 0.05) is 28.2 Å². The largest absolute Gasteiger partial charge is 0.448 e. The Morgan fingerprint density at radius 3 is 2.52 bits per heavy atom. The Labute approximate surface area is 304 Å². The maximum absolute atomic E-state index is 14.3. The van der Waals surface area contributed by atoms with Gasteiger partial charge in [0.25, 0.3) is 11.8 Å². The summed E-state index contributed by atoms with van der Waals surface area (Å²) in [5.41, 5.74) is 8.37. The van der Waals surface area contributed by atoms with E-state index in [9.17, 15) is 14.4 Å². The van der Waals surface area contributed by atoms with Gasteiger partial charge < -0.3 is 20.6 Å². The molecule has 4 aromatic rings. The molecular formula is C34H30ClN7O5S3. The number of amides is 2. The fourth-order valence-electron chi connectivity index (χ4n) is 5.64. The van der Waals surface area contributed by atoms with E-state index in [4.69, 9.17) is 26.9 Å². The third-order valence-electron chi connectivity index (χ3n) is 8.10. The number of aromatic amines is 1. The SMILES string of the molecule is Nc1nc(/C(=N/OC2C=CCC2)C(=O)N[C@@H]2C(=O)N3C(C(=O)OC(c4ccccc4)c4ccccc4)=C(SCc4cn[nH]c4)CS[C@@H]23)c(Cl)s1. The van der Waals surface area contributed by atoms with Gasteiger partial charge in [0.2, 0.25) is 0 Å². The van der Waals surface area contributed by atoms with E-state index < -0.39 is 35.3 Å². The zero-order valence-electron chi connectivity index (χ0n) is 26.2. The molecule has 1 fully saturated rings. The van der Waals surface area contributed by atoms with Crippen LogP contribution in [0.25, 0.3) is 0 Å². The van der Waals surface area contributed by atoms with Crippen LogP contribution in [0.5, 0.6) is 0 Å². The van der Waals surface area contributed by atoms with Crippen LogP contribution in [-0.4, -0.2) is 66.8 Å². The molecular weight excluding hydrogens is 718 g/mol. The number of carbonyl (C=O) groups is 3. The molecule has 7 rings (SSSR count). The van der Waals surface area contributed by atoms with E-state index in [2.05, 4.69) is 25.7 Å². The number of thiazole rings is 1. The summed E-state index contributed by atoms with van der Waals surface area (Å²) in [6.07, 6.45) is 7.82. The normalized spacial score (nSPS) is 20.1. The Balaban J connectivity index is 1.16. The summed E-state index contributed by atoms with van der Waals surface area (Å²) in [5, 5.41) is 13.3. The number of allylic oxidation sites excluding steroid dienone is 1. The van der Waals surface area contributed by atoms with Crippen LogP contribution in [0.4, 0.5) is 5.13 Å². The van der Waals surface area contributed by atoms with Gasteiger partial charge in [-0.1, -0.05) is 94.8 Å². The molecule has 12 nitrogen and oxygen atoms in total. The summed E-state index contributed by atoms with van der Waals surface area (Å²) in [5.74, 6) is -0.903. The number of H-pyrrole nitrogens is 1. The maximum atomic E-state index is 14.3. The van der Waals surface area contributed by atoms with Crippen LogP contribution in [0.15, 0.2) is 101 Å². The van der Waals surface area contributed by atoms with E-state index in [-0.39, 0.29) is 32.7 Å². The molecule has 4 N–H and O–H groups in total. The Bertz CT molecular complexity index is 1930. The lowest BCUT2D eigenvalue weighted by atomic mass is 10.0. The van der Waals surface area contributed by atoms with Crippen LogP contribution in [-0.2, 0) is 29.7 Å². The predicted molar refractivity (Wildman–Crippen MR) is 194 cm³/mol. The van der Waals surface area contributed by atoms with Gasteiger partial charge in [0.1, 0.15) is 33.2 Å². The minimum Gasteiger partial charge on any atom is -0.448 e. The van der Waals surface area contributed by atoms with Crippen molar-refractivity contribution in [3.05, 3.63) is 123 Å². The third kappa shape index (κ3) is 7.17. The standard InChI is InChI=1S/C34H30ClN7O5S3/c35-29-24(40-34(36)50-29)25(41-47-22-13-7-8-14-22)30(43)39-26-31(44)42-27(23(18-49-32(26)42)48-17-19-15-37-38-16-19)33(45)46-28(20-9-3-1-4-10-20)21-11-5-2-6-12-21/h1-7,9-13,15-16,22,26,28,32H,8,14,17-18H2,(H2,36,40)(H,37,38)(H,39,43)/b41-25-/t22?,26-,32+/m1/s1. The fourth-order valence-corrected chi connectivity index (χ4v) is 9.12. The number of ether oxygens (including phenoxy) is 1. The second kappa shape index (κ2) is 15.1. The number of nitrogens with zero attached hydrogens (tertiary/aromatic N) is 4. The first-order chi connectivity index (χ1) is 24.4. The van der Waals surface area contributed by atoms with Crippen molar-refractivity contribution in [1.82, 2.24) is 25.4 Å². The van der Waals surface area contributed by atoms with Gasteiger partial charge in [0.05, 0.1) is 6.20 Å². The number of oxime groups is 1. The molecule has 0 radical (unpaired) electrons. The number of anilines is 1. The van der Waals surface area contributed by atoms with E-state index >= 15 is 0 Å². The lowest BCUT2D eigenvalue weighted by Crippen LogP contribution is -2.71. The molecule has 16 heteroatoms. The molecule has 0 spiro atoms. The quantitative estimate of drug-likeness (QED) is 0.0561. The fraction of sp³-hybridized carbons (Fsp3) is 0.235. The van der Waals surface area contributed by atoms with Crippen molar-refractivity contribution in [1.29, 1.82) is 0 Å². The highest BCUT2D eigenvalue weighted by molar-refractivity contribution is 8.05. The van der Waals surface area contributed by atoms with Gasteiger partial charge in [-0.15, -0.1) is 23.5 Å². The van der Waals surface area contributed by atoms with Crippen LogP contribution in [0, 0.1) is 0 Å². The first-order valence-electron chi connectivity index (χ1n) is 15.6. The molecule has 0 bridgehead atoms. The summed E-state index contributed by atoms with van der Waals surface area (Å²) < 4.78 is 6.41. The molecule has 4 heterocycles. The predicted octanol–water partition coefficient (Wildman–Crippen LogP) is 5.42. The van der Waals surface area contributed by atoms with Gasteiger partial charge in [-0.25, -0.2) is 9.78 Å². The molecule has 2 aromatic carbocycles. The van der Waals surface area contributed by atoms with Crippen molar-refractivity contribution >= 4 is 75.1 Å². The number of carbonyl (C=O) groups excluding carboxylic acids is 3. The Morgan fingerprint density at radius 1 is 1.16 bits per heavy atom. The number of thioether (sulfide) groups is 2. The monoisotopic (exact) mass is 747 g/mol. The van der Waals surface area contributed by atoms with Crippen LogP contribution < -0.4 is 11.1 Å². The van der Waals surface area contributed by atoms with Crippen LogP contribution >= 0.6 is 46.5 Å². The lowest BCUT2D eigenvalue weighted by molar-refractivity contribution is -0.154. The van der Waals surface area contributed by atoms with Gasteiger partial charge in [-0.2, -0.15) is 5.10 Å². The summed E-state index contributed by atoms with van der Waals surface area (Å²) >= 11 is 10.2. The highest BCUT2D eigenvalue weighted by atomic mass is 35.5. The molecule has 3 atom stereocenters. The Morgan fingerprint density at radius 2 is 1.90 bits per heavy atom. The van der Waals surface area contributed by atoms with Gasteiger partial charge in [-0.3, -0.25) is 19.6 Å². The Hall–Kier alpha value is -4.57. The number of nitrogens with two attached hydrogens (primary N) is 1. The smallest absolute Gasteiger partial charge is 0.356 e. The van der Waals surface area contributed by atoms with E-state index in [1.54, 1.807) is 12.4 Å². The zero-order valence-corrected chi connectivity index (χ0v) is 29.4. The van der Waals surface area contributed by atoms with E-state index in [0.29, 0.717) is 22.8 Å². The summed E-state index contributed by atoms with van der Waals surface area (Å²) in [4.78, 5) is 53.8. The van der Waals surface area contributed by atoms with Crippen molar-refractivity contribution in [3.8, 4) is 0 Å². The van der Waals surface area contributed by atoms with E-state index in [1.165, 1.54) is 28.4 Å². The van der Waals surface area contributed by atoms with Crippen molar-refractivity contribution < 1.29 is 24.0 Å². The van der Waals surface area contributed by atoms with Gasteiger partial charge >= 0.3 is 5.97 Å². The Kier molecular flexibility index (Phi) is 10.3. The number of halogens is 1. The summed E-state index contributed by atoms with van der Waals surface area (Å²) in [7, 11) is 0. The molecule has 3 aliphatic rings. The maximum Gasteiger partial charge on any atom is 0.356 e. The number of hydrogen-bond donors (Lipinski definition) is 3. The number of fused-ring (bicyclic) bond motifs is 1. The number of aromatic nitrogens is 3. The van der Waals surface area contributed by atoms with Crippen LogP contribution in [0.2, 0.25) is 4.34 Å². The molecule has 1 saturated heterocycles. The van der Waals surface area contributed by atoms with E-state index in [0.717, 1.165) is 34.4 Å². The van der Waals surface area contributed by atoms with Crippen molar-refractivity contribution in [2.45, 2.75) is 42.2 Å². The van der Waals surface area contributed by atoms with Crippen LogP contribution in [0.1, 0.15) is 41.3 Å². The number of esters is 1. The van der Waals surface area contributed by atoms with Crippen molar-refractivity contribution in [2.24, 2.45) is 5.16 Å². The number of rotatable bonds is 12. The van der Waals surface area contributed by atoms with Crippen LogP contribution in [0.3, 0.4) is 0 Å².